The molecule has 1 atom stereocenters. The number of pyridine rings is 1. The maximum Gasteiger partial charge on any atom is 0.354 e. The monoisotopic (exact) mass is 223 g/mol. The van der Waals surface area contributed by atoms with E-state index in [0.717, 1.165) is 6.42 Å². The van der Waals surface area contributed by atoms with Gasteiger partial charge in [0.05, 0.1) is 13.2 Å². The van der Waals surface area contributed by atoms with Crippen LogP contribution in [0.15, 0.2) is 12.1 Å². The number of carbonyl (C=O) groups is 1. The van der Waals surface area contributed by atoms with Gasteiger partial charge in [-0.3, -0.25) is 0 Å². The zero-order chi connectivity index (χ0) is 11.5. The second-order valence-electron chi connectivity index (χ2n) is 3.74. The first-order chi connectivity index (χ1) is 7.65. The molecule has 16 heavy (non-hydrogen) atoms. The lowest BCUT2D eigenvalue weighted by atomic mass is 10.2. The molecule has 0 amide bonds. The molecule has 1 aliphatic heterocycles. The van der Waals surface area contributed by atoms with Crippen LogP contribution in [0, 0.1) is 6.92 Å². The van der Waals surface area contributed by atoms with Crippen molar-refractivity contribution in [2.45, 2.75) is 19.4 Å². The Morgan fingerprint density at radius 2 is 2.44 bits per heavy atom. The third-order valence-corrected chi connectivity index (χ3v) is 2.34. The number of nitrogens with zero attached hydrogens (tertiary/aromatic N) is 1. The van der Waals surface area contributed by atoms with Crippen LogP contribution < -0.4 is 4.74 Å². The van der Waals surface area contributed by atoms with Crippen molar-refractivity contribution in [1.82, 2.24) is 4.98 Å². The minimum Gasteiger partial charge on any atom is -0.488 e. The van der Waals surface area contributed by atoms with E-state index in [-0.39, 0.29) is 11.8 Å². The highest BCUT2D eigenvalue weighted by Crippen LogP contribution is 2.18. The van der Waals surface area contributed by atoms with Gasteiger partial charge in [0.25, 0.3) is 0 Å². The highest BCUT2D eigenvalue weighted by atomic mass is 16.5. The van der Waals surface area contributed by atoms with Gasteiger partial charge in [0.1, 0.15) is 11.9 Å². The molecule has 5 nitrogen and oxygen atoms in total. The van der Waals surface area contributed by atoms with Gasteiger partial charge in [-0.2, -0.15) is 0 Å². The SMILES string of the molecule is Cc1cc(O[C@@H]2CCOC2)cc(C(=O)O)n1. The summed E-state index contributed by atoms with van der Waals surface area (Å²) in [6.07, 6.45) is 0.854. The Labute approximate surface area is 93.0 Å². The molecule has 1 N–H and O–H groups in total. The Morgan fingerprint density at radius 1 is 1.62 bits per heavy atom. The molecule has 5 heteroatoms. The van der Waals surface area contributed by atoms with Crippen LogP contribution in [0.2, 0.25) is 0 Å². The van der Waals surface area contributed by atoms with E-state index in [1.54, 1.807) is 13.0 Å². The second kappa shape index (κ2) is 4.49. The summed E-state index contributed by atoms with van der Waals surface area (Å²) in [4.78, 5) is 14.7. The van der Waals surface area contributed by atoms with Crippen LogP contribution in [0.25, 0.3) is 0 Å². The van der Waals surface area contributed by atoms with Gasteiger partial charge in [0.15, 0.2) is 5.69 Å². The predicted octanol–water partition coefficient (Wildman–Crippen LogP) is 1.26. The molecule has 1 aliphatic rings. The topological polar surface area (TPSA) is 68.7 Å². The molecule has 0 radical (unpaired) electrons. The van der Waals surface area contributed by atoms with E-state index >= 15 is 0 Å². The molecular weight excluding hydrogens is 210 g/mol. The van der Waals surface area contributed by atoms with E-state index in [9.17, 15) is 4.79 Å². The van der Waals surface area contributed by atoms with Gasteiger partial charge in [-0.1, -0.05) is 0 Å². The summed E-state index contributed by atoms with van der Waals surface area (Å²) in [5, 5.41) is 8.85. The number of aromatic nitrogens is 1. The van der Waals surface area contributed by atoms with Crippen LogP contribution in [0.4, 0.5) is 0 Å². The van der Waals surface area contributed by atoms with Gasteiger partial charge in [0.2, 0.25) is 0 Å². The largest absolute Gasteiger partial charge is 0.488 e. The summed E-state index contributed by atoms with van der Waals surface area (Å²) < 4.78 is 10.8. The Balaban J connectivity index is 2.16. The maximum absolute atomic E-state index is 10.8. The minimum absolute atomic E-state index is 0.00825. The standard InChI is InChI=1S/C11H13NO4/c1-7-4-9(5-10(12-7)11(13)14)16-8-2-3-15-6-8/h4-5,8H,2-3,6H2,1H3,(H,13,14)/t8-/m1/s1. The van der Waals surface area contributed by atoms with Crippen molar-refractivity contribution in [2.24, 2.45) is 0 Å². The molecular formula is C11H13NO4. The molecule has 1 aromatic rings. The lowest BCUT2D eigenvalue weighted by molar-refractivity contribution is 0.0689. The summed E-state index contributed by atoms with van der Waals surface area (Å²) in [7, 11) is 0. The normalized spacial score (nSPS) is 19.7. The zero-order valence-electron chi connectivity index (χ0n) is 8.97. The van der Waals surface area contributed by atoms with Gasteiger partial charge < -0.3 is 14.6 Å². The smallest absolute Gasteiger partial charge is 0.354 e. The molecule has 0 saturated carbocycles. The molecule has 0 aliphatic carbocycles. The lowest BCUT2D eigenvalue weighted by Gasteiger charge is -2.12. The molecule has 2 rings (SSSR count). The lowest BCUT2D eigenvalue weighted by Crippen LogP contribution is -2.16. The Kier molecular flexibility index (Phi) is 3.05. The van der Waals surface area contributed by atoms with E-state index in [1.165, 1.54) is 6.07 Å². The summed E-state index contributed by atoms with van der Waals surface area (Å²) in [5.74, 6) is -0.503. The van der Waals surface area contributed by atoms with Crippen LogP contribution >= 0.6 is 0 Å². The fraction of sp³-hybridized carbons (Fsp3) is 0.455. The number of hydrogen-bond acceptors (Lipinski definition) is 4. The van der Waals surface area contributed by atoms with Crippen molar-refractivity contribution >= 4 is 5.97 Å². The van der Waals surface area contributed by atoms with E-state index in [2.05, 4.69) is 4.98 Å². The van der Waals surface area contributed by atoms with Crippen LogP contribution in [0.3, 0.4) is 0 Å². The molecule has 0 bridgehead atoms. The molecule has 2 heterocycles. The van der Waals surface area contributed by atoms with Crippen molar-refractivity contribution in [1.29, 1.82) is 0 Å². The third-order valence-electron chi connectivity index (χ3n) is 2.34. The van der Waals surface area contributed by atoms with E-state index < -0.39 is 5.97 Å². The molecule has 1 saturated heterocycles. The van der Waals surface area contributed by atoms with E-state index in [4.69, 9.17) is 14.6 Å². The number of carboxylic acids is 1. The summed E-state index contributed by atoms with van der Waals surface area (Å²) in [5.41, 5.74) is 0.641. The molecule has 1 fully saturated rings. The van der Waals surface area contributed by atoms with Gasteiger partial charge in [-0.05, 0) is 6.92 Å². The Morgan fingerprint density at radius 3 is 3.06 bits per heavy atom. The average molecular weight is 223 g/mol. The van der Waals surface area contributed by atoms with Crippen molar-refractivity contribution in [2.75, 3.05) is 13.2 Å². The van der Waals surface area contributed by atoms with Crippen molar-refractivity contribution in [3.8, 4) is 5.75 Å². The Bertz CT molecular complexity index is 399. The number of hydrogen-bond donors (Lipinski definition) is 1. The van der Waals surface area contributed by atoms with Crippen LogP contribution in [0.5, 0.6) is 5.75 Å². The van der Waals surface area contributed by atoms with Gasteiger partial charge in [-0.25, -0.2) is 9.78 Å². The Hall–Kier alpha value is -1.62. The van der Waals surface area contributed by atoms with Crippen LogP contribution in [-0.2, 0) is 4.74 Å². The van der Waals surface area contributed by atoms with Gasteiger partial charge >= 0.3 is 5.97 Å². The predicted molar refractivity (Wildman–Crippen MR) is 55.8 cm³/mol. The molecule has 0 unspecified atom stereocenters. The average Bonchev–Trinajstić information content (AvgIpc) is 2.69. The van der Waals surface area contributed by atoms with E-state index in [0.29, 0.717) is 24.7 Å². The van der Waals surface area contributed by atoms with Crippen molar-refractivity contribution < 1.29 is 19.4 Å². The van der Waals surface area contributed by atoms with Crippen LogP contribution in [0.1, 0.15) is 22.6 Å². The number of aryl methyl sites for hydroxylation is 1. The number of aromatic carboxylic acids is 1. The third kappa shape index (κ3) is 2.49. The first-order valence-corrected chi connectivity index (χ1v) is 5.11. The number of rotatable bonds is 3. The molecule has 1 aromatic heterocycles. The fourth-order valence-electron chi connectivity index (χ4n) is 1.61. The van der Waals surface area contributed by atoms with Gasteiger partial charge in [-0.15, -0.1) is 0 Å². The quantitative estimate of drug-likeness (QED) is 0.835. The van der Waals surface area contributed by atoms with Gasteiger partial charge in [0, 0.05) is 24.2 Å². The number of carboxylic acid groups (broad SMARTS) is 1. The molecule has 0 spiro atoms. The fourth-order valence-corrected chi connectivity index (χ4v) is 1.61. The molecule has 86 valence electrons. The second-order valence-corrected chi connectivity index (χ2v) is 3.74. The summed E-state index contributed by atoms with van der Waals surface area (Å²) >= 11 is 0. The number of ether oxygens (including phenoxy) is 2. The molecule has 0 aromatic carbocycles. The maximum atomic E-state index is 10.8. The highest BCUT2D eigenvalue weighted by molar-refractivity contribution is 5.85. The summed E-state index contributed by atoms with van der Waals surface area (Å²) in [6.45, 7) is 2.99. The van der Waals surface area contributed by atoms with Crippen molar-refractivity contribution in [3.63, 3.8) is 0 Å². The zero-order valence-corrected chi connectivity index (χ0v) is 8.97. The highest BCUT2D eigenvalue weighted by Gasteiger charge is 2.18. The first-order valence-electron chi connectivity index (χ1n) is 5.11. The van der Waals surface area contributed by atoms with Crippen LogP contribution in [-0.4, -0.2) is 35.4 Å². The summed E-state index contributed by atoms with van der Waals surface area (Å²) in [6, 6.07) is 3.17. The van der Waals surface area contributed by atoms with E-state index in [1.807, 2.05) is 0 Å². The minimum atomic E-state index is -1.05. The van der Waals surface area contributed by atoms with Crippen molar-refractivity contribution in [3.05, 3.63) is 23.5 Å². The first kappa shape index (κ1) is 10.9.